The Labute approximate surface area is 106 Å². The third-order valence-electron chi connectivity index (χ3n) is 3.27. The molecule has 0 saturated heterocycles. The van der Waals surface area contributed by atoms with Crippen molar-refractivity contribution < 1.29 is 4.92 Å². The molecule has 1 aliphatic rings. The van der Waals surface area contributed by atoms with Gasteiger partial charge in [-0.3, -0.25) is 15.5 Å². The maximum absolute atomic E-state index is 10.5. The second kappa shape index (κ2) is 5.62. The van der Waals surface area contributed by atoms with Gasteiger partial charge in [0.25, 0.3) is 5.69 Å². The van der Waals surface area contributed by atoms with Gasteiger partial charge in [-0.25, -0.2) is 0 Å². The highest BCUT2D eigenvalue weighted by molar-refractivity contribution is 5.85. The minimum Gasteiger partial charge on any atom is -0.279 e. The van der Waals surface area contributed by atoms with Crippen LogP contribution in [0.2, 0.25) is 0 Å². The van der Waals surface area contributed by atoms with Crippen LogP contribution in [0.1, 0.15) is 32.6 Å². The Kier molecular flexibility index (Phi) is 3.92. The number of anilines is 1. The zero-order valence-electron chi connectivity index (χ0n) is 10.4. The van der Waals surface area contributed by atoms with Crippen LogP contribution in [0.5, 0.6) is 0 Å². The topological polar surface area (TPSA) is 67.5 Å². The predicted molar refractivity (Wildman–Crippen MR) is 71.8 cm³/mol. The average Bonchev–Trinajstić information content (AvgIpc) is 2.38. The van der Waals surface area contributed by atoms with Crippen LogP contribution in [-0.4, -0.2) is 10.6 Å². The van der Waals surface area contributed by atoms with Gasteiger partial charge in [-0.15, -0.1) is 0 Å². The molecule has 1 fully saturated rings. The van der Waals surface area contributed by atoms with Gasteiger partial charge in [-0.05, 0) is 43.7 Å². The normalized spacial score (nSPS) is 19.4. The molecule has 96 valence electrons. The summed E-state index contributed by atoms with van der Waals surface area (Å²) in [6.45, 7) is 2.26. The van der Waals surface area contributed by atoms with E-state index in [4.69, 9.17) is 0 Å². The summed E-state index contributed by atoms with van der Waals surface area (Å²) in [6.07, 6.45) is 4.48. The first-order valence-electron chi connectivity index (χ1n) is 6.21. The van der Waals surface area contributed by atoms with Gasteiger partial charge in [0.1, 0.15) is 0 Å². The van der Waals surface area contributed by atoms with Crippen LogP contribution in [0, 0.1) is 16.0 Å². The van der Waals surface area contributed by atoms with Gasteiger partial charge in [-0.1, -0.05) is 6.92 Å². The molecule has 1 aromatic rings. The summed E-state index contributed by atoms with van der Waals surface area (Å²) in [7, 11) is 0. The Hall–Kier alpha value is -1.91. The van der Waals surface area contributed by atoms with Crippen LogP contribution in [-0.2, 0) is 0 Å². The molecule has 0 amide bonds. The lowest BCUT2D eigenvalue weighted by atomic mass is 9.90. The van der Waals surface area contributed by atoms with Crippen molar-refractivity contribution in [1.29, 1.82) is 0 Å². The molecule has 0 spiro atoms. The second-order valence-corrected chi connectivity index (χ2v) is 4.78. The largest absolute Gasteiger partial charge is 0.279 e. The summed E-state index contributed by atoms with van der Waals surface area (Å²) in [5.41, 5.74) is 5.03. The Balaban J connectivity index is 1.93. The first kappa shape index (κ1) is 12.5. The van der Waals surface area contributed by atoms with E-state index in [-0.39, 0.29) is 5.69 Å². The molecule has 1 N–H and O–H groups in total. The molecule has 1 aromatic carbocycles. The molecule has 5 heteroatoms. The third-order valence-corrected chi connectivity index (χ3v) is 3.27. The molecule has 0 bridgehead atoms. The molecule has 0 aromatic heterocycles. The van der Waals surface area contributed by atoms with Gasteiger partial charge >= 0.3 is 0 Å². The quantitative estimate of drug-likeness (QED) is 0.655. The second-order valence-electron chi connectivity index (χ2n) is 4.78. The molecular formula is C13H17N3O2. The lowest BCUT2D eigenvalue weighted by Gasteiger charge is -2.18. The number of hydrogen-bond donors (Lipinski definition) is 1. The number of nitro groups is 1. The van der Waals surface area contributed by atoms with Crippen molar-refractivity contribution in [1.82, 2.24) is 0 Å². The van der Waals surface area contributed by atoms with Crippen molar-refractivity contribution in [2.24, 2.45) is 11.0 Å². The highest BCUT2D eigenvalue weighted by Gasteiger charge is 2.13. The number of nitro benzene ring substituents is 1. The highest BCUT2D eigenvalue weighted by Crippen LogP contribution is 2.22. The maximum Gasteiger partial charge on any atom is 0.269 e. The van der Waals surface area contributed by atoms with Crippen LogP contribution in [0.3, 0.4) is 0 Å². The molecule has 0 atom stereocenters. The first-order chi connectivity index (χ1) is 8.65. The van der Waals surface area contributed by atoms with Gasteiger partial charge in [0.15, 0.2) is 0 Å². The number of hydrogen-bond acceptors (Lipinski definition) is 4. The summed E-state index contributed by atoms with van der Waals surface area (Å²) in [4.78, 5) is 10.1. The van der Waals surface area contributed by atoms with E-state index in [1.54, 1.807) is 12.1 Å². The third kappa shape index (κ3) is 3.29. The number of non-ortho nitro benzene ring substituents is 1. The van der Waals surface area contributed by atoms with E-state index in [0.717, 1.165) is 24.4 Å². The number of nitrogens with one attached hydrogen (secondary N) is 1. The lowest BCUT2D eigenvalue weighted by molar-refractivity contribution is -0.384. The van der Waals surface area contributed by atoms with Gasteiger partial charge < -0.3 is 0 Å². The average molecular weight is 247 g/mol. The molecule has 2 rings (SSSR count). The molecule has 0 heterocycles. The van der Waals surface area contributed by atoms with E-state index in [1.807, 2.05) is 0 Å². The molecule has 1 saturated carbocycles. The van der Waals surface area contributed by atoms with E-state index < -0.39 is 4.92 Å². The Bertz CT molecular complexity index is 444. The van der Waals surface area contributed by atoms with E-state index in [9.17, 15) is 10.1 Å². The van der Waals surface area contributed by atoms with E-state index in [1.165, 1.54) is 30.7 Å². The summed E-state index contributed by atoms with van der Waals surface area (Å²) < 4.78 is 0. The fourth-order valence-corrected chi connectivity index (χ4v) is 2.01. The van der Waals surface area contributed by atoms with E-state index in [0.29, 0.717) is 0 Å². The zero-order valence-corrected chi connectivity index (χ0v) is 10.4. The Morgan fingerprint density at radius 1 is 1.28 bits per heavy atom. The van der Waals surface area contributed by atoms with E-state index in [2.05, 4.69) is 17.5 Å². The standard InChI is InChI=1S/C13H17N3O2/c1-10-2-4-11(5-3-10)14-15-12-6-8-13(9-7-12)16(17)18/h6-10,15H,2-5H2,1H3. The smallest absolute Gasteiger partial charge is 0.269 e. The molecule has 0 aliphatic heterocycles. The minimum absolute atomic E-state index is 0.0969. The number of hydrazone groups is 1. The SMILES string of the molecule is CC1CCC(=NNc2ccc([N+](=O)[O-])cc2)CC1. The molecule has 1 aliphatic carbocycles. The molecule has 5 nitrogen and oxygen atoms in total. The number of rotatable bonds is 3. The van der Waals surface area contributed by atoms with Crippen LogP contribution < -0.4 is 5.43 Å². The fraction of sp³-hybridized carbons (Fsp3) is 0.462. The molecule has 18 heavy (non-hydrogen) atoms. The van der Waals surface area contributed by atoms with Gasteiger partial charge in [-0.2, -0.15) is 5.10 Å². The predicted octanol–water partition coefficient (Wildman–Crippen LogP) is 3.57. The van der Waals surface area contributed by atoms with Gasteiger partial charge in [0.2, 0.25) is 0 Å². The van der Waals surface area contributed by atoms with Crippen molar-refractivity contribution in [2.45, 2.75) is 32.6 Å². The summed E-state index contributed by atoms with van der Waals surface area (Å²) in [5.74, 6) is 0.795. The maximum atomic E-state index is 10.5. The van der Waals surface area contributed by atoms with Crippen molar-refractivity contribution in [3.8, 4) is 0 Å². The fourth-order valence-electron chi connectivity index (χ4n) is 2.01. The monoisotopic (exact) mass is 247 g/mol. The zero-order chi connectivity index (χ0) is 13.0. The summed E-state index contributed by atoms with van der Waals surface area (Å²) >= 11 is 0. The molecule has 0 radical (unpaired) electrons. The number of nitrogens with zero attached hydrogens (tertiary/aromatic N) is 2. The van der Waals surface area contributed by atoms with Gasteiger partial charge in [0.05, 0.1) is 10.6 Å². The Morgan fingerprint density at radius 3 is 2.44 bits per heavy atom. The molecular weight excluding hydrogens is 230 g/mol. The first-order valence-corrected chi connectivity index (χ1v) is 6.21. The van der Waals surface area contributed by atoms with Crippen LogP contribution in [0.25, 0.3) is 0 Å². The Morgan fingerprint density at radius 2 is 1.89 bits per heavy atom. The van der Waals surface area contributed by atoms with Crippen LogP contribution >= 0.6 is 0 Å². The van der Waals surface area contributed by atoms with Gasteiger partial charge in [0, 0.05) is 17.8 Å². The van der Waals surface area contributed by atoms with Crippen LogP contribution in [0.4, 0.5) is 11.4 Å². The summed E-state index contributed by atoms with van der Waals surface area (Å²) in [5, 5.41) is 14.9. The van der Waals surface area contributed by atoms with Crippen LogP contribution in [0.15, 0.2) is 29.4 Å². The summed E-state index contributed by atoms with van der Waals surface area (Å²) in [6, 6.07) is 6.30. The highest BCUT2D eigenvalue weighted by atomic mass is 16.6. The van der Waals surface area contributed by atoms with Crippen molar-refractivity contribution in [2.75, 3.05) is 5.43 Å². The number of benzene rings is 1. The van der Waals surface area contributed by atoms with Crippen molar-refractivity contribution in [3.63, 3.8) is 0 Å². The van der Waals surface area contributed by atoms with Crippen molar-refractivity contribution in [3.05, 3.63) is 34.4 Å². The minimum atomic E-state index is -0.405. The molecule has 0 unspecified atom stereocenters. The van der Waals surface area contributed by atoms with E-state index >= 15 is 0 Å². The van der Waals surface area contributed by atoms with Crippen molar-refractivity contribution >= 4 is 17.1 Å². The lowest BCUT2D eigenvalue weighted by Crippen LogP contribution is -2.12.